The Labute approximate surface area is 152 Å². The highest BCUT2D eigenvalue weighted by Gasteiger charge is 2.15. The molecule has 0 saturated heterocycles. The van der Waals surface area contributed by atoms with Crippen molar-refractivity contribution < 1.29 is 9.21 Å². The molecular weight excluding hydrogens is 392 g/mol. The number of hydrogen-bond acceptors (Lipinski definition) is 3. The second-order valence-corrected chi connectivity index (χ2v) is 6.66. The molecule has 24 heavy (non-hydrogen) atoms. The van der Waals surface area contributed by atoms with Crippen molar-refractivity contribution in [1.29, 1.82) is 0 Å². The Balaban J connectivity index is 1.83. The zero-order valence-electron chi connectivity index (χ0n) is 12.8. The molecule has 4 nitrogen and oxygen atoms in total. The van der Waals surface area contributed by atoms with Crippen LogP contribution >= 0.6 is 27.5 Å². The monoisotopic (exact) mass is 404 g/mol. The van der Waals surface area contributed by atoms with Crippen LogP contribution in [0.25, 0.3) is 11.3 Å². The van der Waals surface area contributed by atoms with Gasteiger partial charge in [-0.15, -0.1) is 0 Å². The number of hydrogen-bond donors (Lipinski definition) is 2. The molecule has 122 valence electrons. The molecule has 0 aliphatic carbocycles. The maximum atomic E-state index is 12.3. The molecule has 0 atom stereocenters. The zero-order chi connectivity index (χ0) is 17.3. The summed E-state index contributed by atoms with van der Waals surface area (Å²) in [6.07, 6.45) is 0. The molecule has 0 aliphatic heterocycles. The number of furan rings is 1. The second-order valence-electron chi connectivity index (χ2n) is 5.31. The number of halogens is 2. The average molecular weight is 406 g/mol. The molecular formula is C18H14BrClN2O2. The smallest absolute Gasteiger partial charge is 0.291 e. The third-order valence-electron chi connectivity index (χ3n) is 3.55. The van der Waals surface area contributed by atoms with E-state index in [1.165, 1.54) is 0 Å². The first kappa shape index (κ1) is 16.6. The maximum Gasteiger partial charge on any atom is 0.291 e. The summed E-state index contributed by atoms with van der Waals surface area (Å²) in [4.78, 5) is 12.3. The van der Waals surface area contributed by atoms with Crippen LogP contribution in [0.5, 0.6) is 0 Å². The van der Waals surface area contributed by atoms with Crippen LogP contribution in [-0.4, -0.2) is 5.91 Å². The minimum atomic E-state index is -0.370. The van der Waals surface area contributed by atoms with Crippen molar-refractivity contribution in [3.8, 4) is 11.3 Å². The predicted molar refractivity (Wildman–Crippen MR) is 100 cm³/mol. The number of nitrogens with two attached hydrogens (primary N) is 1. The molecule has 0 saturated carbocycles. The van der Waals surface area contributed by atoms with Gasteiger partial charge in [0.1, 0.15) is 5.76 Å². The first-order chi connectivity index (χ1) is 11.4. The van der Waals surface area contributed by atoms with Gasteiger partial charge in [-0.25, -0.2) is 0 Å². The summed E-state index contributed by atoms with van der Waals surface area (Å²) in [6.45, 7) is 1.98. The van der Waals surface area contributed by atoms with Gasteiger partial charge in [0.15, 0.2) is 5.76 Å². The van der Waals surface area contributed by atoms with Gasteiger partial charge in [0.2, 0.25) is 0 Å². The fourth-order valence-electron chi connectivity index (χ4n) is 2.34. The molecule has 3 N–H and O–H groups in total. The first-order valence-corrected chi connectivity index (χ1v) is 8.34. The minimum Gasteiger partial charge on any atom is -0.451 e. The SMILES string of the molecule is Cc1cc(Br)ccc1-c1ccc(C(=O)Nc2ccc(Cl)cc2N)o1. The quantitative estimate of drug-likeness (QED) is 0.565. The van der Waals surface area contributed by atoms with E-state index in [4.69, 9.17) is 21.8 Å². The van der Waals surface area contributed by atoms with Crippen LogP contribution in [0.2, 0.25) is 5.02 Å². The Kier molecular flexibility index (Phi) is 4.64. The highest BCUT2D eigenvalue weighted by molar-refractivity contribution is 9.10. The Hall–Kier alpha value is -2.24. The molecule has 6 heteroatoms. The van der Waals surface area contributed by atoms with E-state index in [0.717, 1.165) is 15.6 Å². The number of nitrogen functional groups attached to an aromatic ring is 1. The molecule has 3 aromatic rings. The summed E-state index contributed by atoms with van der Waals surface area (Å²) in [5, 5.41) is 3.23. The molecule has 0 unspecified atom stereocenters. The minimum absolute atomic E-state index is 0.210. The van der Waals surface area contributed by atoms with Crippen molar-refractivity contribution >= 4 is 44.8 Å². The Morgan fingerprint density at radius 2 is 1.96 bits per heavy atom. The highest BCUT2D eigenvalue weighted by Crippen LogP contribution is 2.29. The van der Waals surface area contributed by atoms with E-state index >= 15 is 0 Å². The number of carbonyl (C=O) groups is 1. The summed E-state index contributed by atoms with van der Waals surface area (Å²) in [7, 11) is 0. The van der Waals surface area contributed by atoms with Gasteiger partial charge >= 0.3 is 0 Å². The van der Waals surface area contributed by atoms with Crippen molar-refractivity contribution in [3.63, 3.8) is 0 Å². The van der Waals surface area contributed by atoms with E-state index in [1.54, 1.807) is 30.3 Å². The first-order valence-electron chi connectivity index (χ1n) is 7.17. The van der Waals surface area contributed by atoms with E-state index in [1.807, 2.05) is 25.1 Å². The number of benzene rings is 2. The Morgan fingerprint density at radius 1 is 1.17 bits per heavy atom. The van der Waals surface area contributed by atoms with Crippen molar-refractivity contribution in [3.05, 3.63) is 69.3 Å². The second kappa shape index (κ2) is 6.71. The molecule has 1 heterocycles. The highest BCUT2D eigenvalue weighted by atomic mass is 79.9. The predicted octanol–water partition coefficient (Wildman–Crippen LogP) is 5.51. The van der Waals surface area contributed by atoms with E-state index in [0.29, 0.717) is 22.2 Å². The van der Waals surface area contributed by atoms with Crippen LogP contribution in [-0.2, 0) is 0 Å². The summed E-state index contributed by atoms with van der Waals surface area (Å²) in [6, 6.07) is 14.2. The van der Waals surface area contributed by atoms with Crippen molar-refractivity contribution in [2.75, 3.05) is 11.1 Å². The lowest BCUT2D eigenvalue weighted by molar-refractivity contribution is 0.0997. The van der Waals surface area contributed by atoms with E-state index < -0.39 is 0 Å². The van der Waals surface area contributed by atoms with Crippen LogP contribution in [0.15, 0.2) is 57.4 Å². The molecule has 2 aromatic carbocycles. The molecule has 3 rings (SSSR count). The lowest BCUT2D eigenvalue weighted by Crippen LogP contribution is -2.12. The summed E-state index contributed by atoms with van der Waals surface area (Å²) in [5.41, 5.74) is 8.71. The van der Waals surface area contributed by atoms with Gasteiger partial charge in [-0.3, -0.25) is 4.79 Å². The van der Waals surface area contributed by atoms with Crippen LogP contribution in [0.3, 0.4) is 0 Å². The fraction of sp³-hybridized carbons (Fsp3) is 0.0556. The average Bonchev–Trinajstić information content (AvgIpc) is 3.00. The van der Waals surface area contributed by atoms with Crippen molar-refractivity contribution in [2.45, 2.75) is 6.92 Å². The van der Waals surface area contributed by atoms with Gasteiger partial charge < -0.3 is 15.5 Å². The third-order valence-corrected chi connectivity index (χ3v) is 4.27. The Bertz CT molecular complexity index is 921. The van der Waals surface area contributed by atoms with Gasteiger partial charge in [0.25, 0.3) is 5.91 Å². The number of anilines is 2. The van der Waals surface area contributed by atoms with E-state index in [2.05, 4.69) is 21.2 Å². The fourth-order valence-corrected chi connectivity index (χ4v) is 3.00. The lowest BCUT2D eigenvalue weighted by atomic mass is 10.1. The number of rotatable bonds is 3. The number of aryl methyl sites for hydroxylation is 1. The summed E-state index contributed by atoms with van der Waals surface area (Å²) >= 11 is 9.28. The van der Waals surface area contributed by atoms with E-state index in [9.17, 15) is 4.79 Å². The molecule has 0 fully saturated rings. The summed E-state index contributed by atoms with van der Waals surface area (Å²) < 4.78 is 6.69. The standard InChI is InChI=1S/C18H14BrClN2O2/c1-10-8-11(19)2-4-13(10)16-6-7-17(24-16)18(23)22-15-5-3-12(20)9-14(15)21/h2-9H,21H2,1H3,(H,22,23). The third kappa shape index (κ3) is 3.47. The van der Waals surface area contributed by atoms with Crippen molar-refractivity contribution in [2.24, 2.45) is 0 Å². The molecule has 0 aliphatic rings. The van der Waals surface area contributed by atoms with Crippen LogP contribution in [0.1, 0.15) is 16.1 Å². The lowest BCUT2D eigenvalue weighted by Gasteiger charge is -2.07. The Morgan fingerprint density at radius 3 is 2.67 bits per heavy atom. The van der Waals surface area contributed by atoms with Crippen molar-refractivity contribution in [1.82, 2.24) is 0 Å². The van der Waals surface area contributed by atoms with Gasteiger partial charge in [-0.2, -0.15) is 0 Å². The normalized spacial score (nSPS) is 10.6. The topological polar surface area (TPSA) is 68.3 Å². The summed E-state index contributed by atoms with van der Waals surface area (Å²) in [5.74, 6) is 0.473. The molecule has 0 radical (unpaired) electrons. The van der Waals surface area contributed by atoms with Crippen LogP contribution < -0.4 is 11.1 Å². The molecule has 1 aromatic heterocycles. The number of nitrogens with one attached hydrogen (secondary N) is 1. The van der Waals surface area contributed by atoms with Gasteiger partial charge in [-0.1, -0.05) is 27.5 Å². The van der Waals surface area contributed by atoms with E-state index in [-0.39, 0.29) is 11.7 Å². The van der Waals surface area contributed by atoms with Crippen LogP contribution in [0, 0.1) is 6.92 Å². The van der Waals surface area contributed by atoms with Gasteiger partial charge in [0, 0.05) is 15.1 Å². The maximum absolute atomic E-state index is 12.3. The van der Waals surface area contributed by atoms with Gasteiger partial charge in [-0.05, 0) is 61.0 Å². The molecule has 0 spiro atoms. The molecule has 1 amide bonds. The number of amides is 1. The number of carbonyl (C=O) groups excluding carboxylic acids is 1. The van der Waals surface area contributed by atoms with Crippen LogP contribution in [0.4, 0.5) is 11.4 Å². The molecule has 0 bridgehead atoms. The van der Waals surface area contributed by atoms with Gasteiger partial charge in [0.05, 0.1) is 11.4 Å². The zero-order valence-corrected chi connectivity index (χ0v) is 15.1. The largest absolute Gasteiger partial charge is 0.451 e.